The molecule has 1 aliphatic rings. The maximum Gasteiger partial charge on any atom is 0.164 e. The molecule has 1 aliphatic carbocycles. The van der Waals surface area contributed by atoms with E-state index in [1.165, 1.54) is 12.8 Å². The predicted molar refractivity (Wildman–Crippen MR) is 71.1 cm³/mol. The van der Waals surface area contributed by atoms with E-state index < -0.39 is 5.60 Å². The topological polar surface area (TPSA) is 26.3 Å². The molecule has 17 heavy (non-hydrogen) atoms. The first-order chi connectivity index (χ1) is 8.14. The van der Waals surface area contributed by atoms with Gasteiger partial charge < -0.3 is 4.74 Å². The molecule has 2 nitrogen and oxygen atoms in total. The van der Waals surface area contributed by atoms with Gasteiger partial charge in [-0.25, -0.2) is 0 Å². The fourth-order valence-electron chi connectivity index (χ4n) is 2.99. The van der Waals surface area contributed by atoms with E-state index in [0.717, 1.165) is 38.5 Å². The van der Waals surface area contributed by atoms with Crippen LogP contribution in [0.2, 0.25) is 0 Å². The molecule has 0 N–H and O–H groups in total. The summed E-state index contributed by atoms with van der Waals surface area (Å²) < 4.78 is 5.65. The van der Waals surface area contributed by atoms with Gasteiger partial charge in [-0.3, -0.25) is 4.79 Å². The SMILES string of the molecule is CCCC(C)CC(=O)C1(OC)CCCCCC1. The van der Waals surface area contributed by atoms with E-state index in [4.69, 9.17) is 4.74 Å². The van der Waals surface area contributed by atoms with E-state index in [9.17, 15) is 4.79 Å². The van der Waals surface area contributed by atoms with Gasteiger partial charge in [0, 0.05) is 13.5 Å². The number of carbonyl (C=O) groups excluding carboxylic acids is 1. The summed E-state index contributed by atoms with van der Waals surface area (Å²) in [6.45, 7) is 4.36. The number of Topliss-reactive ketones (excluding diaryl/α,β-unsaturated/α-hetero) is 1. The van der Waals surface area contributed by atoms with Crippen molar-refractivity contribution >= 4 is 5.78 Å². The molecule has 100 valence electrons. The van der Waals surface area contributed by atoms with Crippen molar-refractivity contribution in [2.75, 3.05) is 7.11 Å². The highest BCUT2D eigenvalue weighted by Crippen LogP contribution is 2.33. The number of ketones is 1. The second kappa shape index (κ2) is 7.15. The van der Waals surface area contributed by atoms with Crippen molar-refractivity contribution in [3.8, 4) is 0 Å². The van der Waals surface area contributed by atoms with E-state index in [0.29, 0.717) is 18.1 Å². The van der Waals surface area contributed by atoms with Crippen molar-refractivity contribution in [1.29, 1.82) is 0 Å². The van der Waals surface area contributed by atoms with Crippen molar-refractivity contribution in [3.05, 3.63) is 0 Å². The van der Waals surface area contributed by atoms with Gasteiger partial charge in [-0.2, -0.15) is 0 Å². The summed E-state index contributed by atoms with van der Waals surface area (Å²) in [5.41, 5.74) is -0.446. The molecule has 0 spiro atoms. The zero-order chi connectivity index (χ0) is 12.7. The smallest absolute Gasteiger partial charge is 0.164 e. The lowest BCUT2D eigenvalue weighted by Gasteiger charge is -2.30. The minimum absolute atomic E-state index is 0.350. The molecule has 0 aromatic carbocycles. The Balaban J connectivity index is 2.60. The highest BCUT2D eigenvalue weighted by Gasteiger charge is 2.38. The van der Waals surface area contributed by atoms with Crippen molar-refractivity contribution in [2.45, 2.75) is 77.2 Å². The first-order valence-electron chi connectivity index (χ1n) is 7.23. The summed E-state index contributed by atoms with van der Waals surface area (Å²) in [6, 6.07) is 0. The largest absolute Gasteiger partial charge is 0.370 e. The van der Waals surface area contributed by atoms with Crippen LogP contribution in [0, 0.1) is 5.92 Å². The van der Waals surface area contributed by atoms with Gasteiger partial charge in [0.25, 0.3) is 0 Å². The number of ether oxygens (including phenoxy) is 1. The molecule has 0 saturated heterocycles. The second-order valence-corrected chi connectivity index (χ2v) is 5.63. The molecule has 1 rings (SSSR count). The maximum atomic E-state index is 12.5. The third kappa shape index (κ3) is 4.09. The number of rotatable bonds is 6. The van der Waals surface area contributed by atoms with Crippen LogP contribution in [0.4, 0.5) is 0 Å². The summed E-state index contributed by atoms with van der Waals surface area (Å²) >= 11 is 0. The fourth-order valence-corrected chi connectivity index (χ4v) is 2.99. The molecular weight excluding hydrogens is 212 g/mol. The van der Waals surface area contributed by atoms with Crippen LogP contribution in [-0.4, -0.2) is 18.5 Å². The first kappa shape index (κ1) is 14.7. The number of hydrogen-bond donors (Lipinski definition) is 0. The highest BCUT2D eigenvalue weighted by molar-refractivity contribution is 5.87. The van der Waals surface area contributed by atoms with Gasteiger partial charge in [0.2, 0.25) is 0 Å². The predicted octanol–water partition coefficient (Wildman–Crippen LogP) is 4.12. The molecule has 0 amide bonds. The van der Waals surface area contributed by atoms with Crippen molar-refractivity contribution in [1.82, 2.24) is 0 Å². The Labute approximate surface area is 106 Å². The van der Waals surface area contributed by atoms with Crippen molar-refractivity contribution in [2.24, 2.45) is 5.92 Å². The molecule has 0 heterocycles. The first-order valence-corrected chi connectivity index (χ1v) is 7.23. The molecule has 1 atom stereocenters. The summed E-state index contributed by atoms with van der Waals surface area (Å²) in [6.07, 6.45) is 9.65. The molecule has 0 bridgehead atoms. The molecule has 0 radical (unpaired) electrons. The van der Waals surface area contributed by atoms with Gasteiger partial charge in [-0.05, 0) is 18.8 Å². The van der Waals surface area contributed by atoms with Crippen LogP contribution in [-0.2, 0) is 9.53 Å². The van der Waals surface area contributed by atoms with Crippen LogP contribution in [0.3, 0.4) is 0 Å². The van der Waals surface area contributed by atoms with E-state index in [1.807, 2.05) is 0 Å². The Morgan fingerprint density at radius 3 is 2.29 bits per heavy atom. The minimum Gasteiger partial charge on any atom is -0.370 e. The van der Waals surface area contributed by atoms with Crippen LogP contribution in [0.5, 0.6) is 0 Å². The normalized spacial score (nSPS) is 21.8. The summed E-state index contributed by atoms with van der Waals surface area (Å²) in [7, 11) is 1.72. The van der Waals surface area contributed by atoms with Crippen LogP contribution in [0.25, 0.3) is 0 Å². The molecule has 1 unspecified atom stereocenters. The monoisotopic (exact) mass is 240 g/mol. The van der Waals surface area contributed by atoms with Crippen molar-refractivity contribution < 1.29 is 9.53 Å². The molecule has 0 aromatic heterocycles. The average Bonchev–Trinajstić information content (AvgIpc) is 2.55. The second-order valence-electron chi connectivity index (χ2n) is 5.63. The van der Waals surface area contributed by atoms with Gasteiger partial charge in [-0.15, -0.1) is 0 Å². The van der Waals surface area contributed by atoms with E-state index in [-0.39, 0.29) is 0 Å². The van der Waals surface area contributed by atoms with Crippen LogP contribution in [0.1, 0.15) is 71.6 Å². The number of hydrogen-bond acceptors (Lipinski definition) is 2. The summed E-state index contributed by atoms with van der Waals surface area (Å²) in [5, 5.41) is 0. The lowest BCUT2D eigenvalue weighted by molar-refractivity contribution is -0.143. The Bertz CT molecular complexity index is 227. The highest BCUT2D eigenvalue weighted by atomic mass is 16.5. The Hall–Kier alpha value is -0.370. The number of carbonyl (C=O) groups is 1. The maximum absolute atomic E-state index is 12.5. The standard InChI is InChI=1S/C15H28O2/c1-4-9-13(2)12-14(16)15(17-3)10-7-5-6-8-11-15/h13H,4-12H2,1-3H3. The molecule has 0 aliphatic heterocycles. The lowest BCUT2D eigenvalue weighted by Crippen LogP contribution is -2.41. The van der Waals surface area contributed by atoms with Crippen LogP contribution >= 0.6 is 0 Å². The molecule has 1 fully saturated rings. The zero-order valence-corrected chi connectivity index (χ0v) is 11.8. The Kier molecular flexibility index (Phi) is 6.18. The van der Waals surface area contributed by atoms with Gasteiger partial charge in [-0.1, -0.05) is 52.4 Å². The van der Waals surface area contributed by atoms with Gasteiger partial charge in [0.1, 0.15) is 5.60 Å². The molecule has 2 heteroatoms. The van der Waals surface area contributed by atoms with Gasteiger partial charge >= 0.3 is 0 Å². The molecule has 0 aromatic rings. The summed E-state index contributed by atoms with van der Waals surface area (Å²) in [5.74, 6) is 0.852. The van der Waals surface area contributed by atoms with Crippen LogP contribution < -0.4 is 0 Å². The quantitative estimate of drug-likeness (QED) is 0.653. The lowest BCUT2D eigenvalue weighted by atomic mass is 9.84. The molecular formula is C15H28O2. The fraction of sp³-hybridized carbons (Fsp3) is 0.933. The van der Waals surface area contributed by atoms with Crippen LogP contribution in [0.15, 0.2) is 0 Å². The third-order valence-corrected chi connectivity index (χ3v) is 4.13. The minimum atomic E-state index is -0.446. The Morgan fingerprint density at radius 2 is 1.82 bits per heavy atom. The van der Waals surface area contributed by atoms with Gasteiger partial charge in [0.15, 0.2) is 5.78 Å². The average molecular weight is 240 g/mol. The summed E-state index contributed by atoms with van der Waals surface area (Å²) in [4.78, 5) is 12.5. The van der Waals surface area contributed by atoms with E-state index >= 15 is 0 Å². The third-order valence-electron chi connectivity index (χ3n) is 4.13. The number of methoxy groups -OCH3 is 1. The van der Waals surface area contributed by atoms with E-state index in [1.54, 1.807) is 7.11 Å². The van der Waals surface area contributed by atoms with Crippen molar-refractivity contribution in [3.63, 3.8) is 0 Å². The molecule has 1 saturated carbocycles. The van der Waals surface area contributed by atoms with Gasteiger partial charge in [0.05, 0.1) is 0 Å². The zero-order valence-electron chi connectivity index (χ0n) is 11.8. The Morgan fingerprint density at radius 1 is 1.24 bits per heavy atom. The van der Waals surface area contributed by atoms with E-state index in [2.05, 4.69) is 13.8 Å².